The van der Waals surface area contributed by atoms with Crippen LogP contribution >= 0.6 is 22.7 Å². The number of rotatable bonds is 6. The van der Waals surface area contributed by atoms with Gasteiger partial charge in [-0.05, 0) is 141 Å². The van der Waals surface area contributed by atoms with Gasteiger partial charge >= 0.3 is 0 Å². The number of hydrogen-bond donors (Lipinski definition) is 0. The molecule has 0 fully saturated rings. The summed E-state index contributed by atoms with van der Waals surface area (Å²) in [4.78, 5) is 9.67. The quantitative estimate of drug-likeness (QED) is 0.171. The Morgan fingerprint density at radius 1 is 0.389 bits per heavy atom. The van der Waals surface area contributed by atoms with Gasteiger partial charge in [-0.1, -0.05) is 84.9 Å². The molecular formula is C49H30N2OS2. The average molecular weight is 727 g/mol. The smallest absolute Gasteiger partial charge is 0.227 e. The first-order valence-electron chi connectivity index (χ1n) is 18.0. The minimum Gasteiger partial charge on any atom is -0.436 e. The van der Waals surface area contributed by atoms with Gasteiger partial charge in [-0.25, -0.2) is 4.98 Å². The summed E-state index contributed by atoms with van der Waals surface area (Å²) in [5, 5.41) is 7.38. The van der Waals surface area contributed by atoms with Crippen LogP contribution in [0.2, 0.25) is 0 Å². The van der Waals surface area contributed by atoms with E-state index in [0.29, 0.717) is 5.89 Å². The number of para-hydroxylation sites is 2. The van der Waals surface area contributed by atoms with Crippen molar-refractivity contribution in [1.82, 2.24) is 4.98 Å². The molecule has 0 radical (unpaired) electrons. The summed E-state index contributed by atoms with van der Waals surface area (Å²) in [6.07, 6.45) is 0. The maximum Gasteiger partial charge on any atom is 0.227 e. The lowest BCUT2D eigenvalue weighted by atomic mass is 10.0. The van der Waals surface area contributed by atoms with Crippen LogP contribution < -0.4 is 4.90 Å². The molecule has 0 aliphatic heterocycles. The Morgan fingerprint density at radius 3 is 1.46 bits per heavy atom. The van der Waals surface area contributed by atoms with Crippen LogP contribution in [0, 0.1) is 0 Å². The van der Waals surface area contributed by atoms with E-state index in [-0.39, 0.29) is 0 Å². The van der Waals surface area contributed by atoms with Crippen LogP contribution in [0.15, 0.2) is 186 Å². The monoisotopic (exact) mass is 726 g/mol. The highest BCUT2D eigenvalue weighted by Gasteiger charge is 2.17. The molecule has 0 atom stereocenters. The number of hydrogen-bond acceptors (Lipinski definition) is 5. The summed E-state index contributed by atoms with van der Waals surface area (Å²) in [6.45, 7) is 0. The Balaban J connectivity index is 1.04. The predicted molar refractivity (Wildman–Crippen MR) is 231 cm³/mol. The second kappa shape index (κ2) is 12.6. The molecule has 5 heteroatoms. The van der Waals surface area contributed by atoms with Crippen molar-refractivity contribution in [3.63, 3.8) is 0 Å². The molecule has 0 N–H and O–H groups in total. The first-order valence-corrected chi connectivity index (χ1v) is 19.6. The standard InChI is InChI=1S/C49H30N2OS2/c1-5-11-45-34(7-1)29-47(53-45)36-15-13-31-17-23-41(27-38(31)25-36)51(40-21-19-33(20-22-40)49-50-43-9-3-4-10-44(43)52-49)42-24-18-32-14-16-37(26-39(32)28-42)48-30-35-8-2-6-12-46(35)54-48/h1-30H. The third-order valence-corrected chi connectivity index (χ3v) is 12.6. The molecule has 0 bridgehead atoms. The lowest BCUT2D eigenvalue weighted by molar-refractivity contribution is 0.620. The Kier molecular flexibility index (Phi) is 7.22. The highest BCUT2D eigenvalue weighted by atomic mass is 32.1. The molecule has 0 spiro atoms. The van der Waals surface area contributed by atoms with E-state index < -0.39 is 0 Å². The minimum atomic E-state index is 0.619. The number of benzene rings is 8. The van der Waals surface area contributed by atoms with Gasteiger partial charge in [0, 0.05) is 41.8 Å². The van der Waals surface area contributed by atoms with Crippen molar-refractivity contribution in [1.29, 1.82) is 0 Å². The average Bonchev–Trinajstić information content (AvgIpc) is 3.98. The van der Waals surface area contributed by atoms with Crippen LogP contribution in [0.5, 0.6) is 0 Å². The van der Waals surface area contributed by atoms with Gasteiger partial charge in [-0.3, -0.25) is 0 Å². The number of fused-ring (bicyclic) bond motifs is 5. The van der Waals surface area contributed by atoms with E-state index in [1.807, 2.05) is 46.9 Å². The van der Waals surface area contributed by atoms with Crippen LogP contribution in [-0.2, 0) is 0 Å². The zero-order valence-corrected chi connectivity index (χ0v) is 30.6. The summed E-state index contributed by atoms with van der Waals surface area (Å²) < 4.78 is 8.74. The molecule has 11 aromatic rings. The number of nitrogens with zero attached hydrogens (tertiary/aromatic N) is 2. The lowest BCUT2D eigenvalue weighted by Crippen LogP contribution is -2.10. The van der Waals surface area contributed by atoms with Crippen molar-refractivity contribution in [2.45, 2.75) is 0 Å². The fraction of sp³-hybridized carbons (Fsp3) is 0. The third-order valence-electron chi connectivity index (χ3n) is 10.3. The van der Waals surface area contributed by atoms with Gasteiger partial charge in [0.05, 0.1) is 0 Å². The molecular weight excluding hydrogens is 697 g/mol. The fourth-order valence-electron chi connectivity index (χ4n) is 7.50. The Hall–Kier alpha value is -6.53. The zero-order valence-electron chi connectivity index (χ0n) is 28.9. The topological polar surface area (TPSA) is 29.3 Å². The van der Waals surface area contributed by atoms with E-state index in [0.717, 1.165) is 33.7 Å². The van der Waals surface area contributed by atoms with Crippen LogP contribution in [0.4, 0.5) is 17.1 Å². The van der Waals surface area contributed by atoms with E-state index in [1.165, 1.54) is 62.6 Å². The normalized spacial score (nSPS) is 11.7. The second-order valence-electron chi connectivity index (χ2n) is 13.7. The maximum atomic E-state index is 6.13. The first kappa shape index (κ1) is 31.0. The number of anilines is 3. The van der Waals surface area contributed by atoms with E-state index >= 15 is 0 Å². The van der Waals surface area contributed by atoms with Crippen LogP contribution in [0.1, 0.15) is 0 Å². The molecule has 11 rings (SSSR count). The molecule has 3 aromatic heterocycles. The molecule has 0 saturated heterocycles. The van der Waals surface area contributed by atoms with Crippen molar-refractivity contribution >= 4 is 92.6 Å². The highest BCUT2D eigenvalue weighted by molar-refractivity contribution is 7.22. The van der Waals surface area contributed by atoms with E-state index in [1.54, 1.807) is 0 Å². The lowest BCUT2D eigenvalue weighted by Gasteiger charge is -2.26. The van der Waals surface area contributed by atoms with Gasteiger partial charge in [0.25, 0.3) is 0 Å². The van der Waals surface area contributed by atoms with Gasteiger partial charge in [0.15, 0.2) is 5.58 Å². The second-order valence-corrected chi connectivity index (χ2v) is 15.8. The summed E-state index contributed by atoms with van der Waals surface area (Å²) in [7, 11) is 0. The Bertz CT molecular complexity index is 2930. The molecule has 0 saturated carbocycles. The molecule has 0 aliphatic carbocycles. The van der Waals surface area contributed by atoms with Crippen LogP contribution in [0.3, 0.4) is 0 Å². The fourth-order valence-corrected chi connectivity index (χ4v) is 9.62. The van der Waals surface area contributed by atoms with Crippen LogP contribution in [-0.4, -0.2) is 4.98 Å². The zero-order chi connectivity index (χ0) is 35.6. The molecule has 0 amide bonds. The van der Waals surface area contributed by atoms with Gasteiger partial charge in [-0.15, -0.1) is 22.7 Å². The minimum absolute atomic E-state index is 0.619. The van der Waals surface area contributed by atoms with Gasteiger partial charge in [0.1, 0.15) is 5.52 Å². The van der Waals surface area contributed by atoms with Crippen LogP contribution in [0.25, 0.3) is 85.2 Å². The Labute approximate surface area is 319 Å². The molecule has 3 heterocycles. The third kappa shape index (κ3) is 5.45. The highest BCUT2D eigenvalue weighted by Crippen LogP contribution is 2.41. The van der Waals surface area contributed by atoms with Crippen molar-refractivity contribution in [3.8, 4) is 32.3 Å². The number of aromatic nitrogens is 1. The number of thiophene rings is 2. The van der Waals surface area contributed by atoms with Gasteiger partial charge in [0.2, 0.25) is 5.89 Å². The molecule has 3 nitrogen and oxygen atoms in total. The Morgan fingerprint density at radius 2 is 0.889 bits per heavy atom. The number of oxazole rings is 1. The summed E-state index contributed by atoms with van der Waals surface area (Å²) >= 11 is 3.69. The predicted octanol–water partition coefficient (Wildman–Crippen LogP) is 15.0. The van der Waals surface area contributed by atoms with E-state index in [4.69, 9.17) is 9.40 Å². The molecule has 0 aliphatic rings. The summed E-state index contributed by atoms with van der Waals surface area (Å²) in [5.74, 6) is 0.619. The van der Waals surface area contributed by atoms with Gasteiger partial charge in [-0.2, -0.15) is 0 Å². The van der Waals surface area contributed by atoms with E-state index in [2.05, 4.69) is 163 Å². The van der Waals surface area contributed by atoms with E-state index in [9.17, 15) is 0 Å². The molecule has 54 heavy (non-hydrogen) atoms. The van der Waals surface area contributed by atoms with Crippen molar-refractivity contribution in [2.75, 3.05) is 4.90 Å². The summed E-state index contributed by atoms with van der Waals surface area (Å²) in [6, 6.07) is 65.5. The molecule has 254 valence electrons. The van der Waals surface area contributed by atoms with Gasteiger partial charge < -0.3 is 9.32 Å². The van der Waals surface area contributed by atoms with Crippen molar-refractivity contribution in [3.05, 3.63) is 182 Å². The molecule has 8 aromatic carbocycles. The largest absolute Gasteiger partial charge is 0.436 e. The maximum absolute atomic E-state index is 6.13. The SMILES string of the molecule is c1ccc2sc(-c3ccc4ccc(N(c5ccc(-c6nc7ccccc7o6)cc5)c5ccc6ccc(-c7cc8ccccc8s7)cc6c5)cc4c3)cc2c1. The first-order chi connectivity index (χ1) is 26.7. The van der Waals surface area contributed by atoms with Crippen molar-refractivity contribution < 1.29 is 4.42 Å². The van der Waals surface area contributed by atoms with Crippen molar-refractivity contribution in [2.24, 2.45) is 0 Å². The molecule has 0 unspecified atom stereocenters. The summed E-state index contributed by atoms with van der Waals surface area (Å²) in [5.41, 5.74) is 8.27.